The molecule has 116 valence electrons. The Labute approximate surface area is 137 Å². The number of nitrogens with zero attached hydrogens (tertiary/aromatic N) is 3. The number of nitriles is 1. The molecule has 6 heteroatoms. The molecule has 0 spiro atoms. The second-order valence-corrected chi connectivity index (χ2v) is 4.86. The predicted octanol–water partition coefficient (Wildman–Crippen LogP) is 3.40. The van der Waals surface area contributed by atoms with E-state index in [-0.39, 0.29) is 11.8 Å². The average molecular weight is 317 g/mol. The smallest absolute Gasteiger partial charge is 0.346 e. The second-order valence-electron chi connectivity index (χ2n) is 4.86. The van der Waals surface area contributed by atoms with Gasteiger partial charge in [-0.15, -0.1) is 10.2 Å². The number of rotatable bonds is 4. The van der Waals surface area contributed by atoms with Crippen LogP contribution in [0.1, 0.15) is 5.89 Å². The molecule has 0 aliphatic carbocycles. The van der Waals surface area contributed by atoms with Crippen LogP contribution >= 0.6 is 0 Å². The van der Waals surface area contributed by atoms with E-state index in [1.165, 1.54) is 0 Å². The van der Waals surface area contributed by atoms with E-state index >= 15 is 0 Å². The molecule has 0 saturated heterocycles. The first kappa shape index (κ1) is 15.2. The minimum atomic E-state index is -1.34. The van der Waals surface area contributed by atoms with Crippen LogP contribution < -0.4 is 0 Å². The summed E-state index contributed by atoms with van der Waals surface area (Å²) in [5.41, 5.74) is 2.38. The number of hydrogen-bond donors (Lipinski definition) is 1. The fraction of sp³-hybridized carbons (Fsp3) is 0. The summed E-state index contributed by atoms with van der Waals surface area (Å²) in [6, 6.07) is 19.0. The maximum absolute atomic E-state index is 10.8. The highest BCUT2D eigenvalue weighted by Gasteiger charge is 2.11. The molecular formula is C18H11N3O3. The summed E-state index contributed by atoms with van der Waals surface area (Å²) in [5.74, 6) is -1.12. The third kappa shape index (κ3) is 3.20. The van der Waals surface area contributed by atoms with E-state index < -0.39 is 11.5 Å². The lowest BCUT2D eigenvalue weighted by Gasteiger charge is -2.01. The van der Waals surface area contributed by atoms with Gasteiger partial charge < -0.3 is 9.52 Å². The lowest BCUT2D eigenvalue weighted by Crippen LogP contribution is -1.97. The van der Waals surface area contributed by atoms with Crippen LogP contribution in [0.5, 0.6) is 0 Å². The summed E-state index contributed by atoms with van der Waals surface area (Å²) in [4.78, 5) is 10.8. The fourth-order valence-electron chi connectivity index (χ4n) is 2.11. The molecule has 0 aliphatic heterocycles. The van der Waals surface area contributed by atoms with Crippen molar-refractivity contribution in [3.63, 3.8) is 0 Å². The third-order valence-electron chi connectivity index (χ3n) is 3.30. The number of aromatic nitrogens is 2. The molecule has 0 aliphatic rings. The molecule has 1 N–H and O–H groups in total. The van der Waals surface area contributed by atoms with Gasteiger partial charge in [-0.2, -0.15) is 5.26 Å². The summed E-state index contributed by atoms with van der Waals surface area (Å²) in [6.07, 6.45) is 1.04. The first-order valence-electron chi connectivity index (χ1n) is 7.02. The molecule has 0 amide bonds. The zero-order chi connectivity index (χ0) is 16.9. The molecule has 24 heavy (non-hydrogen) atoms. The van der Waals surface area contributed by atoms with Gasteiger partial charge in [-0.3, -0.25) is 0 Å². The van der Waals surface area contributed by atoms with Gasteiger partial charge in [0, 0.05) is 11.6 Å². The number of carbonyl (C=O) groups is 1. The van der Waals surface area contributed by atoms with Crippen LogP contribution in [0.15, 0.2) is 64.6 Å². The van der Waals surface area contributed by atoms with Crippen LogP contribution in [0, 0.1) is 11.3 Å². The van der Waals surface area contributed by atoms with Crippen molar-refractivity contribution in [3.05, 3.63) is 66.1 Å². The van der Waals surface area contributed by atoms with Crippen LogP contribution in [0.4, 0.5) is 0 Å². The Bertz CT molecular complexity index is 936. The maximum atomic E-state index is 10.8. The van der Waals surface area contributed by atoms with E-state index in [0.29, 0.717) is 5.56 Å². The van der Waals surface area contributed by atoms with E-state index in [2.05, 4.69) is 10.2 Å². The van der Waals surface area contributed by atoms with Crippen molar-refractivity contribution < 1.29 is 14.3 Å². The molecule has 0 atom stereocenters. The van der Waals surface area contributed by atoms with Gasteiger partial charge in [0.25, 0.3) is 0 Å². The second kappa shape index (κ2) is 6.58. The topological polar surface area (TPSA) is 100 Å². The van der Waals surface area contributed by atoms with Crippen molar-refractivity contribution in [2.75, 3.05) is 0 Å². The summed E-state index contributed by atoms with van der Waals surface area (Å²) >= 11 is 0. The van der Waals surface area contributed by atoms with Crippen LogP contribution in [-0.4, -0.2) is 21.3 Å². The number of carboxylic acids is 1. The van der Waals surface area contributed by atoms with Gasteiger partial charge in [0.15, 0.2) is 0 Å². The largest absolute Gasteiger partial charge is 0.477 e. The van der Waals surface area contributed by atoms with Gasteiger partial charge in [0.05, 0.1) is 0 Å². The SMILES string of the molecule is N#C/C(=C/c1nnc(-c2ccc(-c3ccccc3)cc2)o1)C(=O)O. The normalized spacial score (nSPS) is 11.0. The molecule has 1 aromatic heterocycles. The van der Waals surface area contributed by atoms with E-state index in [1.54, 1.807) is 6.07 Å². The molecule has 3 rings (SSSR count). The number of hydrogen-bond acceptors (Lipinski definition) is 5. The molecule has 6 nitrogen and oxygen atoms in total. The number of carboxylic acid groups (broad SMARTS) is 1. The van der Waals surface area contributed by atoms with E-state index in [9.17, 15) is 4.79 Å². The minimum absolute atomic E-state index is 0.0314. The van der Waals surface area contributed by atoms with Gasteiger partial charge >= 0.3 is 5.97 Å². The van der Waals surface area contributed by atoms with Crippen molar-refractivity contribution in [3.8, 4) is 28.7 Å². The highest BCUT2D eigenvalue weighted by Crippen LogP contribution is 2.24. The van der Waals surface area contributed by atoms with Crippen molar-refractivity contribution in [1.29, 1.82) is 5.26 Å². The lowest BCUT2D eigenvalue weighted by atomic mass is 10.0. The zero-order valence-corrected chi connectivity index (χ0v) is 12.4. The molecule has 3 aromatic rings. The Balaban J connectivity index is 1.86. The molecule has 0 radical (unpaired) electrons. The van der Waals surface area contributed by atoms with E-state index in [4.69, 9.17) is 14.8 Å². The Hall–Kier alpha value is -3.72. The first-order valence-corrected chi connectivity index (χ1v) is 7.02. The van der Waals surface area contributed by atoms with Crippen LogP contribution in [0.2, 0.25) is 0 Å². The Kier molecular flexibility index (Phi) is 4.17. The molecule has 0 fully saturated rings. The number of benzene rings is 2. The van der Waals surface area contributed by atoms with Gasteiger partial charge in [-0.05, 0) is 23.3 Å². The summed E-state index contributed by atoms with van der Waals surface area (Å²) in [7, 11) is 0. The highest BCUT2D eigenvalue weighted by molar-refractivity contribution is 5.95. The van der Waals surface area contributed by atoms with Crippen molar-refractivity contribution in [2.24, 2.45) is 0 Å². The summed E-state index contributed by atoms with van der Waals surface area (Å²) < 4.78 is 5.38. The van der Waals surface area contributed by atoms with Crippen molar-refractivity contribution in [1.82, 2.24) is 10.2 Å². The Morgan fingerprint density at radius 2 is 1.62 bits per heavy atom. The summed E-state index contributed by atoms with van der Waals surface area (Å²) in [6.45, 7) is 0. The average Bonchev–Trinajstić information content (AvgIpc) is 3.09. The molecular weight excluding hydrogens is 306 g/mol. The minimum Gasteiger partial charge on any atom is -0.477 e. The van der Waals surface area contributed by atoms with Crippen LogP contribution in [0.3, 0.4) is 0 Å². The van der Waals surface area contributed by atoms with Crippen molar-refractivity contribution in [2.45, 2.75) is 0 Å². The maximum Gasteiger partial charge on any atom is 0.346 e. The third-order valence-corrected chi connectivity index (χ3v) is 3.30. The van der Waals surface area contributed by atoms with Crippen molar-refractivity contribution >= 4 is 12.0 Å². The zero-order valence-electron chi connectivity index (χ0n) is 12.4. The first-order chi connectivity index (χ1) is 11.7. The van der Waals surface area contributed by atoms with Crippen LogP contribution in [-0.2, 0) is 4.79 Å². The molecule has 0 unspecified atom stereocenters. The van der Waals surface area contributed by atoms with Gasteiger partial charge in [0.2, 0.25) is 11.8 Å². The monoisotopic (exact) mass is 317 g/mol. The van der Waals surface area contributed by atoms with E-state index in [0.717, 1.165) is 17.2 Å². The van der Waals surface area contributed by atoms with Gasteiger partial charge in [-0.1, -0.05) is 42.5 Å². The van der Waals surface area contributed by atoms with Gasteiger partial charge in [-0.25, -0.2) is 4.79 Å². The quantitative estimate of drug-likeness (QED) is 0.584. The molecule has 0 bridgehead atoms. The lowest BCUT2D eigenvalue weighted by molar-refractivity contribution is -0.132. The highest BCUT2D eigenvalue weighted by atomic mass is 16.4. The predicted molar refractivity (Wildman–Crippen MR) is 86.4 cm³/mol. The Morgan fingerprint density at radius 3 is 2.25 bits per heavy atom. The fourth-order valence-corrected chi connectivity index (χ4v) is 2.11. The van der Waals surface area contributed by atoms with E-state index in [1.807, 2.05) is 54.6 Å². The number of aliphatic carboxylic acids is 1. The Morgan fingerprint density at radius 1 is 1.00 bits per heavy atom. The summed E-state index contributed by atoms with van der Waals surface area (Å²) in [5, 5.41) is 25.2. The molecule has 1 heterocycles. The molecule has 2 aromatic carbocycles. The van der Waals surface area contributed by atoms with Crippen LogP contribution in [0.25, 0.3) is 28.7 Å². The van der Waals surface area contributed by atoms with Gasteiger partial charge in [0.1, 0.15) is 11.6 Å². The molecule has 0 saturated carbocycles. The standard InChI is InChI=1S/C18H11N3O3/c19-11-15(18(22)23)10-16-20-21-17(24-16)14-8-6-13(7-9-14)12-4-2-1-3-5-12/h1-10H,(H,22,23)/b15-10-.